The molecule has 1 aliphatic heterocycles. The summed E-state index contributed by atoms with van der Waals surface area (Å²) >= 11 is 0. The van der Waals surface area contributed by atoms with Gasteiger partial charge in [-0.1, -0.05) is 30.3 Å². The number of imide groups is 1. The quantitative estimate of drug-likeness (QED) is 0.775. The van der Waals surface area contributed by atoms with E-state index in [0.717, 1.165) is 17.8 Å². The summed E-state index contributed by atoms with van der Waals surface area (Å²) in [7, 11) is 0. The van der Waals surface area contributed by atoms with Gasteiger partial charge in [-0.25, -0.2) is 9.78 Å². The number of anilines is 1. The second kappa shape index (κ2) is 9.57. The zero-order valence-corrected chi connectivity index (χ0v) is 16.2. The molecule has 1 fully saturated rings. The van der Waals surface area contributed by atoms with Crippen molar-refractivity contribution in [2.45, 2.75) is 12.7 Å². The minimum absolute atomic E-state index is 0.0625. The summed E-state index contributed by atoms with van der Waals surface area (Å²) < 4.78 is 37.9. The van der Waals surface area contributed by atoms with Gasteiger partial charge in [-0.3, -0.25) is 15.0 Å². The number of piperazine rings is 1. The van der Waals surface area contributed by atoms with Crippen LogP contribution in [0.5, 0.6) is 0 Å². The number of pyridine rings is 1. The van der Waals surface area contributed by atoms with Crippen molar-refractivity contribution in [1.82, 2.24) is 20.5 Å². The molecular formula is C20H22F3N5O2. The fourth-order valence-electron chi connectivity index (χ4n) is 3.07. The number of benzene rings is 1. The van der Waals surface area contributed by atoms with E-state index < -0.39 is 23.7 Å². The van der Waals surface area contributed by atoms with E-state index in [-0.39, 0.29) is 6.54 Å². The maximum Gasteiger partial charge on any atom is 0.417 e. The third kappa shape index (κ3) is 6.18. The van der Waals surface area contributed by atoms with Gasteiger partial charge in [0.05, 0.1) is 12.1 Å². The molecule has 1 aromatic heterocycles. The first kappa shape index (κ1) is 21.6. The van der Waals surface area contributed by atoms with Crippen LogP contribution < -0.4 is 15.5 Å². The molecule has 7 nitrogen and oxygen atoms in total. The lowest BCUT2D eigenvalue weighted by Crippen LogP contribution is -2.51. The number of rotatable bonds is 5. The molecule has 3 amide bonds. The molecule has 0 bridgehead atoms. The van der Waals surface area contributed by atoms with E-state index in [9.17, 15) is 22.8 Å². The van der Waals surface area contributed by atoms with Gasteiger partial charge in [0.25, 0.3) is 0 Å². The smallest absolute Gasteiger partial charge is 0.354 e. The maximum absolute atomic E-state index is 12.6. The standard InChI is InChI=1S/C20H22F3N5O2/c21-20(22,23)16-6-7-17(24-13-16)28-10-8-27(9-11-28)14-18(29)26-19(30)25-12-15-4-2-1-3-5-15/h1-7,13H,8-12,14H2,(H2,25,26,29,30). The van der Waals surface area contributed by atoms with Gasteiger partial charge in [0.15, 0.2) is 0 Å². The Morgan fingerprint density at radius 1 is 1.00 bits per heavy atom. The largest absolute Gasteiger partial charge is 0.417 e. The summed E-state index contributed by atoms with van der Waals surface area (Å²) in [5.41, 5.74) is 0.139. The molecule has 1 aromatic carbocycles. The highest BCUT2D eigenvalue weighted by Gasteiger charge is 2.31. The molecule has 10 heteroatoms. The van der Waals surface area contributed by atoms with Crippen LogP contribution in [0.1, 0.15) is 11.1 Å². The summed E-state index contributed by atoms with van der Waals surface area (Å²) in [5.74, 6) is 0.0501. The van der Waals surface area contributed by atoms with Crippen molar-refractivity contribution >= 4 is 17.8 Å². The van der Waals surface area contributed by atoms with E-state index in [1.807, 2.05) is 40.1 Å². The predicted molar refractivity (Wildman–Crippen MR) is 105 cm³/mol. The number of halogens is 3. The summed E-state index contributed by atoms with van der Waals surface area (Å²) in [6.45, 7) is 2.48. The number of carbonyl (C=O) groups is 2. The zero-order valence-electron chi connectivity index (χ0n) is 16.2. The number of alkyl halides is 3. The number of hydrogen-bond acceptors (Lipinski definition) is 5. The van der Waals surface area contributed by atoms with Gasteiger partial charge in [0, 0.05) is 38.9 Å². The molecule has 0 spiro atoms. The number of amides is 3. The Morgan fingerprint density at radius 2 is 1.70 bits per heavy atom. The van der Waals surface area contributed by atoms with E-state index in [1.54, 1.807) is 0 Å². The van der Waals surface area contributed by atoms with Gasteiger partial charge in [-0.2, -0.15) is 13.2 Å². The van der Waals surface area contributed by atoms with Crippen molar-refractivity contribution in [3.63, 3.8) is 0 Å². The topological polar surface area (TPSA) is 77.6 Å². The lowest BCUT2D eigenvalue weighted by Gasteiger charge is -2.35. The number of aromatic nitrogens is 1. The Bertz CT molecular complexity index is 851. The molecular weight excluding hydrogens is 399 g/mol. The van der Waals surface area contributed by atoms with Gasteiger partial charge in [-0.15, -0.1) is 0 Å². The molecule has 0 radical (unpaired) electrons. The summed E-state index contributed by atoms with van der Waals surface area (Å²) in [4.78, 5) is 31.5. The van der Waals surface area contributed by atoms with Crippen molar-refractivity contribution in [1.29, 1.82) is 0 Å². The van der Waals surface area contributed by atoms with E-state index in [1.165, 1.54) is 6.07 Å². The van der Waals surface area contributed by atoms with Crippen LogP contribution in [0.15, 0.2) is 48.7 Å². The number of hydrogen-bond donors (Lipinski definition) is 2. The van der Waals surface area contributed by atoms with Crippen molar-refractivity contribution < 1.29 is 22.8 Å². The average molecular weight is 421 g/mol. The van der Waals surface area contributed by atoms with Crippen LogP contribution in [0, 0.1) is 0 Å². The molecule has 2 N–H and O–H groups in total. The fourth-order valence-corrected chi connectivity index (χ4v) is 3.07. The van der Waals surface area contributed by atoms with E-state index in [0.29, 0.717) is 38.5 Å². The third-order valence-electron chi connectivity index (χ3n) is 4.69. The highest BCUT2D eigenvalue weighted by atomic mass is 19.4. The van der Waals surface area contributed by atoms with E-state index in [4.69, 9.17) is 0 Å². The molecule has 2 heterocycles. The van der Waals surface area contributed by atoms with E-state index >= 15 is 0 Å². The second-order valence-corrected chi connectivity index (χ2v) is 6.88. The third-order valence-corrected chi connectivity index (χ3v) is 4.69. The second-order valence-electron chi connectivity index (χ2n) is 6.88. The van der Waals surface area contributed by atoms with Crippen molar-refractivity contribution in [2.24, 2.45) is 0 Å². The SMILES string of the molecule is O=C(CN1CCN(c2ccc(C(F)(F)F)cn2)CC1)NC(=O)NCc1ccccc1. The van der Waals surface area contributed by atoms with Crippen molar-refractivity contribution in [3.8, 4) is 0 Å². The minimum atomic E-state index is -4.41. The minimum Gasteiger partial charge on any atom is -0.354 e. The van der Waals surface area contributed by atoms with Gasteiger partial charge in [0.1, 0.15) is 5.82 Å². The number of nitrogens with one attached hydrogen (secondary N) is 2. The monoisotopic (exact) mass is 421 g/mol. The first-order chi connectivity index (χ1) is 14.3. The molecule has 160 valence electrons. The molecule has 0 saturated carbocycles. The predicted octanol–water partition coefficient (Wildman–Crippen LogP) is 2.25. The Balaban J connectivity index is 1.39. The molecule has 3 rings (SSSR count). The number of carbonyl (C=O) groups excluding carboxylic acids is 2. The van der Waals surface area contributed by atoms with Crippen LogP contribution >= 0.6 is 0 Å². The first-order valence-corrected chi connectivity index (χ1v) is 9.43. The van der Waals surface area contributed by atoms with Crippen LogP contribution in [0.4, 0.5) is 23.8 Å². The van der Waals surface area contributed by atoms with Gasteiger partial charge >= 0.3 is 12.2 Å². The Kier molecular flexibility index (Phi) is 6.88. The fraction of sp³-hybridized carbons (Fsp3) is 0.350. The highest BCUT2D eigenvalue weighted by Crippen LogP contribution is 2.29. The Labute approximate surface area is 171 Å². The lowest BCUT2D eigenvalue weighted by molar-refractivity contribution is -0.137. The normalized spacial score (nSPS) is 15.0. The van der Waals surface area contributed by atoms with E-state index in [2.05, 4.69) is 15.6 Å². The lowest BCUT2D eigenvalue weighted by atomic mass is 10.2. The molecule has 30 heavy (non-hydrogen) atoms. The molecule has 0 atom stereocenters. The van der Waals surface area contributed by atoms with Crippen LogP contribution in [0.2, 0.25) is 0 Å². The van der Waals surface area contributed by atoms with Gasteiger partial charge in [-0.05, 0) is 17.7 Å². The maximum atomic E-state index is 12.6. The van der Waals surface area contributed by atoms with Crippen molar-refractivity contribution in [3.05, 3.63) is 59.8 Å². The Hall–Kier alpha value is -3.14. The highest BCUT2D eigenvalue weighted by molar-refractivity contribution is 5.95. The first-order valence-electron chi connectivity index (χ1n) is 9.43. The average Bonchev–Trinajstić information content (AvgIpc) is 2.73. The van der Waals surface area contributed by atoms with Crippen molar-refractivity contribution in [2.75, 3.05) is 37.6 Å². The summed E-state index contributed by atoms with van der Waals surface area (Å²) in [5, 5.41) is 4.92. The molecule has 1 aliphatic rings. The Morgan fingerprint density at radius 3 is 2.30 bits per heavy atom. The molecule has 1 saturated heterocycles. The van der Waals surface area contributed by atoms with Crippen LogP contribution in [-0.4, -0.2) is 54.5 Å². The zero-order chi connectivity index (χ0) is 21.6. The number of nitrogens with zero attached hydrogens (tertiary/aromatic N) is 3. The molecule has 0 aliphatic carbocycles. The molecule has 0 unspecified atom stereocenters. The molecule has 2 aromatic rings. The van der Waals surface area contributed by atoms with Crippen LogP contribution in [0.25, 0.3) is 0 Å². The summed E-state index contributed by atoms with van der Waals surface area (Å²) in [6.07, 6.45) is -3.59. The number of urea groups is 1. The van der Waals surface area contributed by atoms with Crippen LogP contribution in [0.3, 0.4) is 0 Å². The van der Waals surface area contributed by atoms with Crippen LogP contribution in [-0.2, 0) is 17.5 Å². The van der Waals surface area contributed by atoms with Gasteiger partial charge < -0.3 is 10.2 Å². The summed E-state index contributed by atoms with van der Waals surface area (Å²) in [6, 6.07) is 11.1. The van der Waals surface area contributed by atoms with Gasteiger partial charge in [0.2, 0.25) is 5.91 Å².